The first-order valence-corrected chi connectivity index (χ1v) is 6.66. The monoisotopic (exact) mass is 272 g/mol. The molecular formula is C9H8ClF3O2S. The van der Waals surface area contributed by atoms with E-state index in [1.807, 2.05) is 0 Å². The van der Waals surface area contributed by atoms with Crippen molar-refractivity contribution in [3.8, 4) is 0 Å². The Morgan fingerprint density at radius 2 is 1.88 bits per heavy atom. The summed E-state index contributed by atoms with van der Waals surface area (Å²) in [5.41, 5.74) is -0.365. The Morgan fingerprint density at radius 3 is 2.31 bits per heavy atom. The van der Waals surface area contributed by atoms with Crippen LogP contribution in [0.1, 0.15) is 16.7 Å². The molecule has 0 saturated carbocycles. The molecule has 0 bridgehead atoms. The second-order valence-corrected chi connectivity index (χ2v) is 6.10. The molecule has 0 unspecified atom stereocenters. The van der Waals surface area contributed by atoms with Crippen LogP contribution < -0.4 is 0 Å². The largest absolute Gasteiger partial charge is 0.416 e. The zero-order valence-corrected chi connectivity index (χ0v) is 9.75. The Bertz CT molecular complexity index is 494. The highest BCUT2D eigenvalue weighted by atomic mass is 35.7. The van der Waals surface area contributed by atoms with Crippen molar-refractivity contribution < 1.29 is 21.6 Å². The van der Waals surface area contributed by atoms with Gasteiger partial charge in [-0.25, -0.2) is 8.42 Å². The smallest absolute Gasteiger partial charge is 0.212 e. The molecule has 16 heavy (non-hydrogen) atoms. The molecule has 2 nitrogen and oxygen atoms in total. The lowest BCUT2D eigenvalue weighted by molar-refractivity contribution is -0.137. The van der Waals surface area contributed by atoms with Crippen molar-refractivity contribution in [3.05, 3.63) is 34.9 Å². The molecule has 0 aromatic heterocycles. The molecule has 0 aliphatic carbocycles. The van der Waals surface area contributed by atoms with E-state index in [-0.39, 0.29) is 5.56 Å². The number of hydrogen-bond acceptors (Lipinski definition) is 2. The van der Waals surface area contributed by atoms with Gasteiger partial charge in [0.25, 0.3) is 0 Å². The van der Waals surface area contributed by atoms with E-state index in [1.165, 1.54) is 13.0 Å². The molecule has 7 heteroatoms. The summed E-state index contributed by atoms with van der Waals surface area (Å²) in [6.45, 7) is 1.53. The van der Waals surface area contributed by atoms with Gasteiger partial charge in [-0.3, -0.25) is 0 Å². The Morgan fingerprint density at radius 1 is 1.31 bits per heavy atom. The highest BCUT2D eigenvalue weighted by Gasteiger charge is 2.31. The predicted molar refractivity (Wildman–Crippen MR) is 54.7 cm³/mol. The fourth-order valence-corrected chi connectivity index (χ4v) is 2.22. The van der Waals surface area contributed by atoms with Gasteiger partial charge >= 0.3 is 6.18 Å². The van der Waals surface area contributed by atoms with E-state index in [0.29, 0.717) is 5.56 Å². The summed E-state index contributed by atoms with van der Waals surface area (Å²) < 4.78 is 58.6. The van der Waals surface area contributed by atoms with Gasteiger partial charge < -0.3 is 0 Å². The van der Waals surface area contributed by atoms with E-state index >= 15 is 0 Å². The predicted octanol–water partition coefficient (Wildman–Crippen LogP) is 3.08. The van der Waals surface area contributed by atoms with Gasteiger partial charge in [0.15, 0.2) is 0 Å². The first kappa shape index (κ1) is 13.3. The summed E-state index contributed by atoms with van der Waals surface area (Å²) in [6, 6.07) is 2.93. The summed E-state index contributed by atoms with van der Waals surface area (Å²) in [5.74, 6) is -0.607. The third kappa shape index (κ3) is 3.68. The number of aryl methyl sites for hydroxylation is 1. The third-order valence-corrected chi connectivity index (χ3v) is 2.99. The molecule has 0 fully saturated rings. The van der Waals surface area contributed by atoms with Gasteiger partial charge in [0, 0.05) is 10.7 Å². The van der Waals surface area contributed by atoms with Crippen molar-refractivity contribution in [2.75, 3.05) is 0 Å². The molecular weight excluding hydrogens is 265 g/mol. The van der Waals surface area contributed by atoms with Crippen molar-refractivity contribution in [2.45, 2.75) is 18.9 Å². The quantitative estimate of drug-likeness (QED) is 0.776. The van der Waals surface area contributed by atoms with E-state index in [9.17, 15) is 21.6 Å². The molecule has 0 heterocycles. The van der Waals surface area contributed by atoms with Gasteiger partial charge in [0.1, 0.15) is 0 Å². The Balaban J connectivity index is 3.20. The molecule has 0 N–H and O–H groups in total. The van der Waals surface area contributed by atoms with Crippen LogP contribution in [0.5, 0.6) is 0 Å². The Kier molecular flexibility index (Phi) is 3.54. The summed E-state index contributed by atoms with van der Waals surface area (Å²) in [4.78, 5) is 0. The molecule has 1 aromatic rings. The molecule has 0 aliphatic heterocycles. The minimum Gasteiger partial charge on any atom is -0.212 e. The van der Waals surface area contributed by atoms with Gasteiger partial charge in [0.05, 0.1) is 11.3 Å². The van der Waals surface area contributed by atoms with Gasteiger partial charge in [-0.1, -0.05) is 6.07 Å². The number of halogens is 4. The number of rotatable bonds is 2. The van der Waals surface area contributed by atoms with E-state index in [1.54, 1.807) is 0 Å². The van der Waals surface area contributed by atoms with E-state index in [4.69, 9.17) is 10.7 Å². The fourth-order valence-electron chi connectivity index (χ4n) is 1.19. The second kappa shape index (κ2) is 4.25. The maximum atomic E-state index is 12.4. The van der Waals surface area contributed by atoms with Gasteiger partial charge in [0.2, 0.25) is 9.05 Å². The fraction of sp³-hybridized carbons (Fsp3) is 0.333. The summed E-state index contributed by atoms with van der Waals surface area (Å²) >= 11 is 0. The van der Waals surface area contributed by atoms with Crippen LogP contribution in [0.2, 0.25) is 0 Å². The lowest BCUT2D eigenvalue weighted by atomic mass is 10.1. The molecule has 0 atom stereocenters. The van der Waals surface area contributed by atoms with Crippen molar-refractivity contribution >= 4 is 19.7 Å². The molecule has 0 amide bonds. The van der Waals surface area contributed by atoms with Crippen molar-refractivity contribution in [1.82, 2.24) is 0 Å². The average Bonchev–Trinajstić information content (AvgIpc) is 2.04. The average molecular weight is 273 g/mol. The standard InChI is InChI=1S/C9H8ClF3O2S/c1-6-2-3-8(9(11,12)13)4-7(6)5-16(10,14)15/h2-4H,5H2,1H3. The van der Waals surface area contributed by atoms with E-state index in [0.717, 1.165) is 12.1 Å². The maximum Gasteiger partial charge on any atom is 0.416 e. The van der Waals surface area contributed by atoms with Crippen LogP contribution in [0, 0.1) is 6.92 Å². The third-order valence-electron chi connectivity index (χ3n) is 2.00. The van der Waals surface area contributed by atoms with Crippen LogP contribution in [0.25, 0.3) is 0 Å². The first-order valence-electron chi connectivity index (χ1n) is 4.18. The molecule has 0 radical (unpaired) electrons. The second-order valence-electron chi connectivity index (χ2n) is 3.32. The van der Waals surface area contributed by atoms with Crippen LogP contribution in [0.4, 0.5) is 13.2 Å². The van der Waals surface area contributed by atoms with Crippen LogP contribution in [-0.2, 0) is 21.0 Å². The Hall–Kier alpha value is -0.750. The minimum absolute atomic E-state index is 0.0600. The zero-order chi connectivity index (χ0) is 12.6. The van der Waals surface area contributed by atoms with Crippen LogP contribution in [0.15, 0.2) is 18.2 Å². The maximum absolute atomic E-state index is 12.4. The molecule has 0 aliphatic rings. The number of hydrogen-bond donors (Lipinski definition) is 0. The zero-order valence-electron chi connectivity index (χ0n) is 8.18. The lowest BCUT2D eigenvalue weighted by Gasteiger charge is -2.10. The van der Waals surface area contributed by atoms with Crippen molar-refractivity contribution in [3.63, 3.8) is 0 Å². The molecule has 90 valence electrons. The summed E-state index contributed by atoms with van der Waals surface area (Å²) in [7, 11) is 1.14. The van der Waals surface area contributed by atoms with Crippen LogP contribution in [0.3, 0.4) is 0 Å². The number of benzene rings is 1. The SMILES string of the molecule is Cc1ccc(C(F)(F)F)cc1CS(=O)(=O)Cl. The highest BCUT2D eigenvalue weighted by molar-refractivity contribution is 8.13. The minimum atomic E-state index is -4.49. The van der Waals surface area contributed by atoms with E-state index in [2.05, 4.69) is 0 Å². The van der Waals surface area contributed by atoms with Gasteiger partial charge in [-0.05, 0) is 30.2 Å². The first-order chi connectivity index (χ1) is 7.09. The molecule has 1 rings (SSSR count). The van der Waals surface area contributed by atoms with Crippen LogP contribution in [-0.4, -0.2) is 8.42 Å². The molecule has 1 aromatic carbocycles. The van der Waals surface area contributed by atoms with Crippen molar-refractivity contribution in [2.24, 2.45) is 0 Å². The summed E-state index contributed by atoms with van der Waals surface area (Å²) in [6.07, 6.45) is -4.49. The lowest BCUT2D eigenvalue weighted by Crippen LogP contribution is -2.07. The normalized spacial score (nSPS) is 12.8. The van der Waals surface area contributed by atoms with Crippen LogP contribution >= 0.6 is 10.7 Å². The summed E-state index contributed by atoms with van der Waals surface area (Å²) in [5, 5.41) is 0. The molecule has 0 spiro atoms. The topological polar surface area (TPSA) is 34.1 Å². The van der Waals surface area contributed by atoms with E-state index < -0.39 is 26.5 Å². The molecule has 0 saturated heterocycles. The Labute approximate surface area is 95.5 Å². The number of alkyl halides is 3. The van der Waals surface area contributed by atoms with Crippen molar-refractivity contribution in [1.29, 1.82) is 0 Å². The highest BCUT2D eigenvalue weighted by Crippen LogP contribution is 2.31. The van der Waals surface area contributed by atoms with Gasteiger partial charge in [-0.2, -0.15) is 13.2 Å². The van der Waals surface area contributed by atoms with Gasteiger partial charge in [-0.15, -0.1) is 0 Å².